The van der Waals surface area contributed by atoms with E-state index in [-0.39, 0.29) is 12.4 Å². The number of aliphatic hydroxyl groups is 1. The van der Waals surface area contributed by atoms with E-state index in [4.69, 9.17) is 9.90 Å². The second kappa shape index (κ2) is 5.37. The summed E-state index contributed by atoms with van der Waals surface area (Å²) in [5.41, 5.74) is 0.532. The van der Waals surface area contributed by atoms with Crippen molar-refractivity contribution in [1.29, 1.82) is 0 Å². The molecule has 0 saturated heterocycles. The molecular formula is C7H8O4. The summed E-state index contributed by atoms with van der Waals surface area (Å²) < 4.78 is 4.68. The van der Waals surface area contributed by atoms with Crippen LogP contribution in [0, 0.1) is 0 Å². The van der Waals surface area contributed by atoms with E-state index in [2.05, 4.69) is 4.42 Å². The summed E-state index contributed by atoms with van der Waals surface area (Å²) >= 11 is 0. The van der Waals surface area contributed by atoms with Crippen LogP contribution in [0.25, 0.3) is 0 Å². The van der Waals surface area contributed by atoms with Crippen LogP contribution in [0.3, 0.4) is 0 Å². The lowest BCUT2D eigenvalue weighted by molar-refractivity contribution is -0.0979. The summed E-state index contributed by atoms with van der Waals surface area (Å²) in [4.78, 5) is 18.0. The van der Waals surface area contributed by atoms with Crippen molar-refractivity contribution in [1.82, 2.24) is 0 Å². The van der Waals surface area contributed by atoms with E-state index in [9.17, 15) is 4.79 Å². The Morgan fingerprint density at radius 3 is 2.64 bits per heavy atom. The fourth-order valence-electron chi connectivity index (χ4n) is 0.581. The summed E-state index contributed by atoms with van der Waals surface area (Å²) in [6, 6.07) is 1.56. The van der Waals surface area contributed by atoms with Gasteiger partial charge >= 0.3 is 0 Å². The van der Waals surface area contributed by atoms with Crippen molar-refractivity contribution in [2.75, 3.05) is 0 Å². The third kappa shape index (κ3) is 2.35. The monoisotopic (exact) mass is 156 g/mol. The highest BCUT2D eigenvalue weighted by atomic mass is 16.3. The van der Waals surface area contributed by atoms with Gasteiger partial charge in [-0.15, -0.1) is 0 Å². The second-order valence-electron chi connectivity index (χ2n) is 1.59. The normalized spacial score (nSPS) is 8.09. The van der Waals surface area contributed by atoms with Gasteiger partial charge < -0.3 is 14.3 Å². The molecule has 0 radical (unpaired) electrons. The van der Waals surface area contributed by atoms with Gasteiger partial charge in [-0.1, -0.05) is 0 Å². The first kappa shape index (κ1) is 9.58. The highest BCUT2D eigenvalue weighted by molar-refractivity contribution is 5.72. The molecule has 1 aromatic heterocycles. The van der Waals surface area contributed by atoms with Crippen LogP contribution in [-0.4, -0.2) is 18.2 Å². The van der Waals surface area contributed by atoms with Crippen molar-refractivity contribution in [3.05, 3.63) is 23.7 Å². The Hall–Kier alpha value is -1.42. The molecule has 11 heavy (non-hydrogen) atoms. The zero-order chi connectivity index (χ0) is 8.69. The number of hydrogen-bond acceptors (Lipinski definition) is 4. The smallest absolute Gasteiger partial charge is 0.185 e. The molecule has 1 aromatic rings. The van der Waals surface area contributed by atoms with Gasteiger partial charge in [-0.2, -0.15) is 0 Å². The van der Waals surface area contributed by atoms with Gasteiger partial charge in [-0.05, 0) is 6.07 Å². The average Bonchev–Trinajstić information content (AvgIpc) is 2.54. The van der Waals surface area contributed by atoms with Crippen LogP contribution in [0.15, 0.2) is 16.7 Å². The fourth-order valence-corrected chi connectivity index (χ4v) is 0.581. The van der Waals surface area contributed by atoms with Gasteiger partial charge in [0.25, 0.3) is 0 Å². The van der Waals surface area contributed by atoms with Crippen LogP contribution in [0.4, 0.5) is 0 Å². The standard InChI is InChI=1S/C6H6O3.CH2O/c7-3-5-1-2-9-6(5)4-8;1-2/h1-2,4,7H,3H2;1H2. The third-order valence-electron chi connectivity index (χ3n) is 1.06. The van der Waals surface area contributed by atoms with Crippen molar-refractivity contribution in [3.8, 4) is 0 Å². The predicted molar refractivity (Wildman–Crippen MR) is 37.1 cm³/mol. The van der Waals surface area contributed by atoms with E-state index in [1.54, 1.807) is 6.07 Å². The van der Waals surface area contributed by atoms with E-state index < -0.39 is 0 Å². The highest BCUT2D eigenvalue weighted by Crippen LogP contribution is 2.06. The number of furan rings is 1. The van der Waals surface area contributed by atoms with Crippen LogP contribution in [0.2, 0.25) is 0 Å². The number of hydrogen-bond donors (Lipinski definition) is 1. The summed E-state index contributed by atoms with van der Waals surface area (Å²) in [5, 5.41) is 8.52. The first-order valence-electron chi connectivity index (χ1n) is 2.79. The van der Waals surface area contributed by atoms with Gasteiger partial charge in [-0.3, -0.25) is 4.79 Å². The lowest BCUT2D eigenvalue weighted by Crippen LogP contribution is -1.84. The van der Waals surface area contributed by atoms with Gasteiger partial charge in [0.1, 0.15) is 6.79 Å². The lowest BCUT2D eigenvalue weighted by Gasteiger charge is -1.85. The molecule has 1 heterocycles. The number of carbonyl (C=O) groups is 2. The molecule has 60 valence electrons. The molecule has 0 amide bonds. The maximum absolute atomic E-state index is 10.0. The average molecular weight is 156 g/mol. The molecule has 0 aliphatic heterocycles. The third-order valence-corrected chi connectivity index (χ3v) is 1.06. The molecule has 1 rings (SSSR count). The summed E-state index contributed by atoms with van der Waals surface area (Å²) in [6.07, 6.45) is 1.95. The molecule has 0 unspecified atom stereocenters. The zero-order valence-electron chi connectivity index (χ0n) is 5.82. The van der Waals surface area contributed by atoms with Crippen LogP contribution < -0.4 is 0 Å². The minimum Gasteiger partial charge on any atom is -0.461 e. The Labute approximate surface area is 63.4 Å². The highest BCUT2D eigenvalue weighted by Gasteiger charge is 2.00. The van der Waals surface area contributed by atoms with Crippen molar-refractivity contribution in [2.45, 2.75) is 6.61 Å². The predicted octanol–water partition coefficient (Wildman–Crippen LogP) is 0.399. The van der Waals surface area contributed by atoms with Gasteiger partial charge in [0, 0.05) is 5.56 Å². The van der Waals surface area contributed by atoms with Crippen LogP contribution in [0.1, 0.15) is 16.1 Å². The van der Waals surface area contributed by atoms with Crippen molar-refractivity contribution >= 4 is 13.1 Å². The Morgan fingerprint density at radius 1 is 1.64 bits per heavy atom. The van der Waals surface area contributed by atoms with Crippen molar-refractivity contribution in [2.24, 2.45) is 0 Å². The van der Waals surface area contributed by atoms with Crippen LogP contribution in [0.5, 0.6) is 0 Å². The number of aliphatic hydroxyl groups excluding tert-OH is 1. The maximum atomic E-state index is 10.0. The molecule has 0 spiro atoms. The molecule has 0 aliphatic rings. The number of carbonyl (C=O) groups excluding carboxylic acids is 2. The van der Waals surface area contributed by atoms with Gasteiger partial charge in [-0.25, -0.2) is 0 Å². The van der Waals surface area contributed by atoms with Gasteiger partial charge in [0.2, 0.25) is 0 Å². The molecule has 0 saturated carbocycles. The number of rotatable bonds is 2. The molecule has 0 atom stereocenters. The topological polar surface area (TPSA) is 67.5 Å². The molecule has 4 nitrogen and oxygen atoms in total. The summed E-state index contributed by atoms with van der Waals surface area (Å²) in [7, 11) is 0. The molecular weight excluding hydrogens is 148 g/mol. The number of aldehydes is 1. The Balaban J connectivity index is 0.000000461. The van der Waals surface area contributed by atoms with Crippen molar-refractivity contribution < 1.29 is 19.1 Å². The minimum atomic E-state index is -0.148. The summed E-state index contributed by atoms with van der Waals surface area (Å²) in [6.45, 7) is 1.85. The molecule has 0 fully saturated rings. The van der Waals surface area contributed by atoms with Crippen LogP contribution >= 0.6 is 0 Å². The Bertz CT molecular complexity index is 216. The quantitative estimate of drug-likeness (QED) is 0.629. The zero-order valence-corrected chi connectivity index (χ0v) is 5.82. The van der Waals surface area contributed by atoms with E-state index >= 15 is 0 Å². The minimum absolute atomic E-state index is 0.148. The van der Waals surface area contributed by atoms with Gasteiger partial charge in [0.05, 0.1) is 12.9 Å². The molecule has 0 bridgehead atoms. The molecule has 0 aromatic carbocycles. The van der Waals surface area contributed by atoms with Gasteiger partial charge in [0.15, 0.2) is 12.0 Å². The van der Waals surface area contributed by atoms with E-state index in [1.165, 1.54) is 6.26 Å². The van der Waals surface area contributed by atoms with E-state index in [0.29, 0.717) is 11.8 Å². The van der Waals surface area contributed by atoms with E-state index in [1.807, 2.05) is 6.79 Å². The largest absolute Gasteiger partial charge is 0.461 e. The summed E-state index contributed by atoms with van der Waals surface area (Å²) in [5.74, 6) is 0.206. The Morgan fingerprint density at radius 2 is 2.27 bits per heavy atom. The molecule has 1 N–H and O–H groups in total. The Kier molecular flexibility index (Phi) is 4.68. The molecule has 0 aliphatic carbocycles. The van der Waals surface area contributed by atoms with E-state index in [0.717, 1.165) is 0 Å². The SMILES string of the molecule is C=O.O=Cc1occc1CO. The lowest BCUT2D eigenvalue weighted by atomic mass is 10.3. The maximum Gasteiger partial charge on any atom is 0.185 e. The first-order valence-corrected chi connectivity index (χ1v) is 2.79. The second-order valence-corrected chi connectivity index (χ2v) is 1.59. The van der Waals surface area contributed by atoms with Crippen molar-refractivity contribution in [3.63, 3.8) is 0 Å². The van der Waals surface area contributed by atoms with Crippen LogP contribution in [-0.2, 0) is 11.4 Å². The fraction of sp³-hybridized carbons (Fsp3) is 0.143. The molecule has 4 heteroatoms. The first-order chi connectivity index (χ1) is 5.38.